The third-order valence-electron chi connectivity index (χ3n) is 2.19. The standard InChI is InChI=1S/C10H9NO3S.Na/c11-7-4-5-9(15(13)14)6-2-1-3-8(12)10(6)7;/h1-5,12H,11H2,(H,13,14);/q;+1/p-1. The molecule has 78 valence electrons. The summed E-state index contributed by atoms with van der Waals surface area (Å²) < 4.78 is 21.8. The molecule has 0 fully saturated rings. The van der Waals surface area contributed by atoms with Gasteiger partial charge in [0.1, 0.15) is 5.75 Å². The zero-order valence-corrected chi connectivity index (χ0v) is 11.5. The van der Waals surface area contributed by atoms with Gasteiger partial charge in [0.15, 0.2) is 0 Å². The van der Waals surface area contributed by atoms with Crippen LogP contribution >= 0.6 is 0 Å². The Hall–Kier alpha value is -0.590. The van der Waals surface area contributed by atoms with Gasteiger partial charge in [-0.05, 0) is 29.3 Å². The topological polar surface area (TPSA) is 86.4 Å². The predicted octanol–water partition coefficient (Wildman–Crippen LogP) is -1.63. The van der Waals surface area contributed by atoms with E-state index in [-0.39, 0.29) is 40.2 Å². The van der Waals surface area contributed by atoms with E-state index in [0.717, 1.165) is 0 Å². The minimum atomic E-state index is -2.34. The molecular weight excluding hydrogens is 237 g/mol. The minimum Gasteiger partial charge on any atom is -0.768 e. The second-order valence-electron chi connectivity index (χ2n) is 3.09. The first-order valence-corrected chi connectivity index (χ1v) is 5.28. The molecule has 0 aliphatic rings. The Kier molecular flexibility index (Phi) is 4.35. The van der Waals surface area contributed by atoms with Crippen LogP contribution in [-0.2, 0) is 11.1 Å². The summed E-state index contributed by atoms with van der Waals surface area (Å²) in [5.74, 6) is -0.0164. The van der Waals surface area contributed by atoms with Crippen molar-refractivity contribution in [3.05, 3.63) is 30.3 Å². The van der Waals surface area contributed by atoms with Gasteiger partial charge in [-0.15, -0.1) is 0 Å². The number of hydrogen-bond donors (Lipinski definition) is 2. The normalized spacial score (nSPS) is 12.1. The predicted molar refractivity (Wildman–Crippen MR) is 57.2 cm³/mol. The molecular formula is C10H8NNaO3S. The van der Waals surface area contributed by atoms with Crippen molar-refractivity contribution in [2.75, 3.05) is 5.73 Å². The third-order valence-corrected chi connectivity index (χ3v) is 2.91. The third kappa shape index (κ3) is 2.23. The largest absolute Gasteiger partial charge is 1.00 e. The molecule has 6 heteroatoms. The van der Waals surface area contributed by atoms with E-state index in [4.69, 9.17) is 5.73 Å². The van der Waals surface area contributed by atoms with Crippen LogP contribution in [0.2, 0.25) is 0 Å². The van der Waals surface area contributed by atoms with Gasteiger partial charge in [0.2, 0.25) is 0 Å². The minimum absolute atomic E-state index is 0. The summed E-state index contributed by atoms with van der Waals surface area (Å²) in [4.78, 5) is 0.134. The monoisotopic (exact) mass is 245 g/mol. The second kappa shape index (κ2) is 5.16. The second-order valence-corrected chi connectivity index (χ2v) is 4.00. The molecule has 0 saturated carbocycles. The fourth-order valence-corrected chi connectivity index (χ4v) is 2.06. The van der Waals surface area contributed by atoms with E-state index in [1.165, 1.54) is 18.2 Å². The maximum atomic E-state index is 10.9. The summed E-state index contributed by atoms with van der Waals surface area (Å²) in [5.41, 5.74) is 6.02. The van der Waals surface area contributed by atoms with Crippen molar-refractivity contribution in [2.24, 2.45) is 0 Å². The van der Waals surface area contributed by atoms with Crippen molar-refractivity contribution in [1.82, 2.24) is 0 Å². The van der Waals surface area contributed by atoms with Crippen LogP contribution in [0.25, 0.3) is 10.8 Å². The molecule has 0 heterocycles. The van der Waals surface area contributed by atoms with Gasteiger partial charge in [0.05, 0.1) is 0 Å². The van der Waals surface area contributed by atoms with Gasteiger partial charge in [0, 0.05) is 21.4 Å². The first-order chi connectivity index (χ1) is 7.11. The molecule has 0 aliphatic heterocycles. The Morgan fingerprint density at radius 2 is 1.94 bits per heavy atom. The van der Waals surface area contributed by atoms with Crippen LogP contribution in [0.4, 0.5) is 5.69 Å². The molecule has 16 heavy (non-hydrogen) atoms. The number of hydrogen-bond acceptors (Lipinski definition) is 4. The van der Waals surface area contributed by atoms with E-state index >= 15 is 0 Å². The van der Waals surface area contributed by atoms with Crippen molar-refractivity contribution in [3.8, 4) is 5.75 Å². The summed E-state index contributed by atoms with van der Waals surface area (Å²) in [6, 6.07) is 7.54. The van der Waals surface area contributed by atoms with Crippen LogP contribution in [0.15, 0.2) is 35.2 Å². The van der Waals surface area contributed by atoms with Gasteiger partial charge in [-0.1, -0.05) is 12.1 Å². The van der Waals surface area contributed by atoms with E-state index in [0.29, 0.717) is 16.5 Å². The fraction of sp³-hybridized carbons (Fsp3) is 0. The number of aromatic hydroxyl groups is 1. The number of nitrogen functional groups attached to an aromatic ring is 1. The summed E-state index contributed by atoms with van der Waals surface area (Å²) in [5, 5.41) is 10.4. The number of anilines is 1. The Balaban J connectivity index is 0.00000128. The summed E-state index contributed by atoms with van der Waals surface area (Å²) in [6.45, 7) is 0. The molecule has 1 atom stereocenters. The van der Waals surface area contributed by atoms with Crippen LogP contribution in [0.5, 0.6) is 5.75 Å². The molecule has 0 saturated heterocycles. The van der Waals surface area contributed by atoms with E-state index in [9.17, 15) is 13.9 Å². The Labute approximate surface area is 117 Å². The summed E-state index contributed by atoms with van der Waals surface area (Å²) in [6.07, 6.45) is 0. The van der Waals surface area contributed by atoms with Gasteiger partial charge in [0.25, 0.3) is 0 Å². The van der Waals surface area contributed by atoms with E-state index < -0.39 is 11.1 Å². The van der Waals surface area contributed by atoms with Gasteiger partial charge < -0.3 is 15.4 Å². The van der Waals surface area contributed by atoms with Crippen LogP contribution in [0.3, 0.4) is 0 Å². The number of benzene rings is 2. The Morgan fingerprint density at radius 3 is 2.56 bits per heavy atom. The first kappa shape index (κ1) is 13.5. The average molecular weight is 245 g/mol. The average Bonchev–Trinajstić information content (AvgIpc) is 2.17. The molecule has 4 nitrogen and oxygen atoms in total. The quantitative estimate of drug-likeness (QED) is 0.359. The number of phenolic OH excluding ortho intramolecular Hbond substituents is 1. The van der Waals surface area contributed by atoms with Crippen LogP contribution in [0, 0.1) is 0 Å². The van der Waals surface area contributed by atoms with Crippen molar-refractivity contribution in [1.29, 1.82) is 0 Å². The molecule has 1 unspecified atom stereocenters. The zero-order valence-electron chi connectivity index (χ0n) is 8.64. The van der Waals surface area contributed by atoms with Gasteiger partial charge >= 0.3 is 29.6 Å². The van der Waals surface area contributed by atoms with Gasteiger partial charge in [-0.25, -0.2) is 0 Å². The zero-order chi connectivity index (χ0) is 11.0. The molecule has 2 rings (SSSR count). The number of phenols is 1. The van der Waals surface area contributed by atoms with Crippen LogP contribution in [0.1, 0.15) is 0 Å². The van der Waals surface area contributed by atoms with Crippen molar-refractivity contribution in [2.45, 2.75) is 4.90 Å². The molecule has 0 radical (unpaired) electrons. The van der Waals surface area contributed by atoms with Gasteiger partial charge in [-0.3, -0.25) is 4.21 Å². The Bertz CT molecular complexity index is 551. The van der Waals surface area contributed by atoms with Gasteiger partial charge in [-0.2, -0.15) is 0 Å². The van der Waals surface area contributed by atoms with Crippen molar-refractivity contribution >= 4 is 27.5 Å². The van der Waals surface area contributed by atoms with E-state index in [1.54, 1.807) is 12.1 Å². The molecule has 3 N–H and O–H groups in total. The maximum Gasteiger partial charge on any atom is 1.00 e. The molecule has 0 bridgehead atoms. The molecule has 0 aliphatic carbocycles. The van der Waals surface area contributed by atoms with Crippen molar-refractivity contribution in [3.63, 3.8) is 0 Å². The van der Waals surface area contributed by atoms with Crippen LogP contribution in [-0.4, -0.2) is 13.9 Å². The Morgan fingerprint density at radius 1 is 1.25 bits per heavy atom. The number of rotatable bonds is 1. The van der Waals surface area contributed by atoms with Crippen molar-refractivity contribution < 1.29 is 43.4 Å². The maximum absolute atomic E-state index is 10.9. The molecule has 2 aromatic rings. The molecule has 0 amide bonds. The number of fused-ring (bicyclic) bond motifs is 1. The summed E-state index contributed by atoms with van der Waals surface area (Å²) >= 11 is -2.34. The molecule has 0 aromatic heterocycles. The first-order valence-electron chi connectivity index (χ1n) is 4.20. The smallest absolute Gasteiger partial charge is 0.768 e. The molecule has 0 spiro atoms. The van der Waals surface area contributed by atoms with E-state index in [2.05, 4.69) is 0 Å². The molecule has 2 aromatic carbocycles. The fourth-order valence-electron chi connectivity index (χ4n) is 1.53. The van der Waals surface area contributed by atoms with E-state index in [1.807, 2.05) is 0 Å². The SMILES string of the molecule is Nc1ccc(S(=O)[O-])c2cccc(O)c12.[Na+]. The summed E-state index contributed by atoms with van der Waals surface area (Å²) in [7, 11) is 0. The number of nitrogens with two attached hydrogens (primary N) is 1. The van der Waals surface area contributed by atoms with Crippen LogP contribution < -0.4 is 35.3 Å².